The predicted molar refractivity (Wildman–Crippen MR) is 78.1 cm³/mol. The molecule has 1 saturated heterocycles. The van der Waals surface area contributed by atoms with Crippen molar-refractivity contribution in [2.45, 2.75) is 39.2 Å². The van der Waals surface area contributed by atoms with Gasteiger partial charge in [0.2, 0.25) is 0 Å². The van der Waals surface area contributed by atoms with E-state index in [2.05, 4.69) is 6.92 Å². The van der Waals surface area contributed by atoms with Gasteiger partial charge in [0.15, 0.2) is 0 Å². The first-order valence-electron chi connectivity index (χ1n) is 7.25. The summed E-state index contributed by atoms with van der Waals surface area (Å²) in [5.41, 5.74) is 8.03. The molecule has 0 bridgehead atoms. The molecule has 3 nitrogen and oxygen atoms in total. The molecular weight excluding hydrogens is 236 g/mol. The lowest BCUT2D eigenvalue weighted by atomic mass is 9.92. The van der Waals surface area contributed by atoms with Crippen LogP contribution in [0.15, 0.2) is 24.3 Å². The van der Waals surface area contributed by atoms with Gasteiger partial charge in [-0.1, -0.05) is 19.1 Å². The molecule has 0 spiro atoms. The summed E-state index contributed by atoms with van der Waals surface area (Å²) in [6.45, 7) is 5.81. The molecule has 1 heterocycles. The third-order valence-electron chi connectivity index (χ3n) is 4.10. The van der Waals surface area contributed by atoms with E-state index < -0.39 is 0 Å². The van der Waals surface area contributed by atoms with Crippen LogP contribution in [0.2, 0.25) is 0 Å². The highest BCUT2D eigenvalue weighted by Crippen LogP contribution is 2.20. The molecule has 2 N–H and O–H groups in total. The van der Waals surface area contributed by atoms with Crippen molar-refractivity contribution in [3.8, 4) is 0 Å². The monoisotopic (exact) mass is 260 g/mol. The SMILES string of the molecule is CCc1ccc(C(=O)N2CCC[C@@H]([C@H](C)N)C2)cc1. The quantitative estimate of drug-likeness (QED) is 0.907. The van der Waals surface area contributed by atoms with Crippen LogP contribution in [-0.4, -0.2) is 29.9 Å². The molecule has 3 heteroatoms. The van der Waals surface area contributed by atoms with Crippen molar-refractivity contribution >= 4 is 5.91 Å². The van der Waals surface area contributed by atoms with Crippen molar-refractivity contribution in [1.29, 1.82) is 0 Å². The van der Waals surface area contributed by atoms with Gasteiger partial charge in [-0.25, -0.2) is 0 Å². The zero-order chi connectivity index (χ0) is 13.8. The summed E-state index contributed by atoms with van der Waals surface area (Å²) in [4.78, 5) is 14.4. The van der Waals surface area contributed by atoms with E-state index >= 15 is 0 Å². The van der Waals surface area contributed by atoms with Crippen LogP contribution < -0.4 is 5.73 Å². The first-order chi connectivity index (χ1) is 9.11. The maximum absolute atomic E-state index is 12.5. The summed E-state index contributed by atoms with van der Waals surface area (Å²) in [6, 6.07) is 8.13. The second-order valence-corrected chi connectivity index (χ2v) is 5.56. The fourth-order valence-corrected chi connectivity index (χ4v) is 2.69. The van der Waals surface area contributed by atoms with Gasteiger partial charge in [-0.2, -0.15) is 0 Å². The van der Waals surface area contributed by atoms with Crippen LogP contribution in [0.25, 0.3) is 0 Å². The first kappa shape index (κ1) is 14.1. The highest BCUT2D eigenvalue weighted by molar-refractivity contribution is 5.94. The summed E-state index contributed by atoms with van der Waals surface area (Å²) >= 11 is 0. The number of rotatable bonds is 3. The second kappa shape index (κ2) is 6.20. The number of nitrogens with zero attached hydrogens (tertiary/aromatic N) is 1. The summed E-state index contributed by atoms with van der Waals surface area (Å²) in [6.07, 6.45) is 3.20. The third kappa shape index (κ3) is 3.35. The number of carbonyl (C=O) groups is 1. The minimum Gasteiger partial charge on any atom is -0.338 e. The largest absolute Gasteiger partial charge is 0.338 e. The minimum absolute atomic E-state index is 0.146. The number of hydrogen-bond acceptors (Lipinski definition) is 2. The normalized spacial score (nSPS) is 21.2. The summed E-state index contributed by atoms with van der Waals surface area (Å²) < 4.78 is 0. The Labute approximate surface area is 115 Å². The van der Waals surface area contributed by atoms with Crippen LogP contribution >= 0.6 is 0 Å². The van der Waals surface area contributed by atoms with Crippen molar-refractivity contribution in [1.82, 2.24) is 4.90 Å². The molecule has 0 aromatic heterocycles. The Balaban J connectivity index is 2.05. The standard InChI is InChI=1S/C16H24N2O/c1-3-13-6-8-14(9-7-13)16(19)18-10-4-5-15(11-18)12(2)17/h6-9,12,15H,3-5,10-11,17H2,1-2H3/t12-,15+/m0/s1. The molecule has 2 atom stereocenters. The second-order valence-electron chi connectivity index (χ2n) is 5.56. The van der Waals surface area contributed by atoms with Gasteiger partial charge in [-0.15, -0.1) is 0 Å². The number of amides is 1. The lowest BCUT2D eigenvalue weighted by molar-refractivity contribution is 0.0661. The maximum Gasteiger partial charge on any atom is 0.253 e. The lowest BCUT2D eigenvalue weighted by Crippen LogP contribution is -2.45. The Morgan fingerprint density at radius 3 is 2.68 bits per heavy atom. The number of piperidine rings is 1. The Morgan fingerprint density at radius 2 is 2.11 bits per heavy atom. The van der Waals surface area contributed by atoms with E-state index in [-0.39, 0.29) is 11.9 Å². The van der Waals surface area contributed by atoms with E-state index in [1.165, 1.54) is 5.56 Å². The molecule has 0 unspecified atom stereocenters. The van der Waals surface area contributed by atoms with Gasteiger partial charge < -0.3 is 10.6 Å². The number of nitrogens with two attached hydrogens (primary N) is 1. The van der Waals surface area contributed by atoms with Gasteiger partial charge in [0, 0.05) is 24.7 Å². The topological polar surface area (TPSA) is 46.3 Å². The van der Waals surface area contributed by atoms with Gasteiger partial charge >= 0.3 is 0 Å². The number of aryl methyl sites for hydroxylation is 1. The van der Waals surface area contributed by atoms with E-state index in [0.717, 1.165) is 37.9 Å². The van der Waals surface area contributed by atoms with E-state index in [0.29, 0.717) is 5.92 Å². The van der Waals surface area contributed by atoms with Gasteiger partial charge in [0.05, 0.1) is 0 Å². The Hall–Kier alpha value is -1.35. The van der Waals surface area contributed by atoms with Gasteiger partial charge in [-0.05, 0) is 49.8 Å². The molecule has 1 aliphatic heterocycles. The molecule has 0 radical (unpaired) electrons. The zero-order valence-electron chi connectivity index (χ0n) is 11.9. The van der Waals surface area contributed by atoms with Gasteiger partial charge in [0.25, 0.3) is 5.91 Å². The summed E-state index contributed by atoms with van der Waals surface area (Å²) in [5.74, 6) is 0.584. The minimum atomic E-state index is 0.146. The van der Waals surface area contributed by atoms with E-state index in [4.69, 9.17) is 5.73 Å². The summed E-state index contributed by atoms with van der Waals surface area (Å²) in [7, 11) is 0. The lowest BCUT2D eigenvalue weighted by Gasteiger charge is -2.34. The number of carbonyl (C=O) groups excluding carboxylic acids is 1. The van der Waals surface area contributed by atoms with Crippen LogP contribution in [0.4, 0.5) is 0 Å². The molecule has 1 aromatic carbocycles. The average molecular weight is 260 g/mol. The third-order valence-corrected chi connectivity index (χ3v) is 4.10. The van der Waals surface area contributed by atoms with E-state index in [1.54, 1.807) is 0 Å². The molecular formula is C16H24N2O. The molecule has 2 rings (SSSR count). The smallest absolute Gasteiger partial charge is 0.253 e. The van der Waals surface area contributed by atoms with Crippen molar-refractivity contribution in [2.75, 3.05) is 13.1 Å². The Kier molecular flexibility index (Phi) is 4.59. The van der Waals surface area contributed by atoms with E-state index in [1.807, 2.05) is 36.1 Å². The van der Waals surface area contributed by atoms with Crippen LogP contribution in [0.3, 0.4) is 0 Å². The van der Waals surface area contributed by atoms with Gasteiger partial charge in [-0.3, -0.25) is 4.79 Å². The van der Waals surface area contributed by atoms with Crippen molar-refractivity contribution < 1.29 is 4.79 Å². The molecule has 0 saturated carbocycles. The van der Waals surface area contributed by atoms with Crippen LogP contribution in [0, 0.1) is 5.92 Å². The van der Waals surface area contributed by atoms with Crippen LogP contribution in [0.1, 0.15) is 42.6 Å². The number of benzene rings is 1. The van der Waals surface area contributed by atoms with Gasteiger partial charge in [0.1, 0.15) is 0 Å². The molecule has 104 valence electrons. The Bertz CT molecular complexity index is 425. The number of hydrogen-bond donors (Lipinski definition) is 1. The van der Waals surface area contributed by atoms with Crippen LogP contribution in [0.5, 0.6) is 0 Å². The average Bonchev–Trinajstić information content (AvgIpc) is 2.46. The molecule has 1 aromatic rings. The number of likely N-dealkylation sites (tertiary alicyclic amines) is 1. The fourth-order valence-electron chi connectivity index (χ4n) is 2.69. The van der Waals surface area contributed by atoms with E-state index in [9.17, 15) is 4.79 Å². The fraction of sp³-hybridized carbons (Fsp3) is 0.562. The molecule has 1 fully saturated rings. The molecule has 19 heavy (non-hydrogen) atoms. The molecule has 1 aliphatic rings. The van der Waals surface area contributed by atoms with Crippen molar-refractivity contribution in [3.05, 3.63) is 35.4 Å². The highest BCUT2D eigenvalue weighted by Gasteiger charge is 2.26. The van der Waals surface area contributed by atoms with Crippen molar-refractivity contribution in [2.24, 2.45) is 11.7 Å². The maximum atomic E-state index is 12.5. The van der Waals surface area contributed by atoms with Crippen LogP contribution in [-0.2, 0) is 6.42 Å². The summed E-state index contributed by atoms with van der Waals surface area (Å²) in [5, 5.41) is 0. The first-order valence-corrected chi connectivity index (χ1v) is 7.25. The molecule has 0 aliphatic carbocycles. The highest BCUT2D eigenvalue weighted by atomic mass is 16.2. The predicted octanol–water partition coefficient (Wildman–Crippen LogP) is 2.45. The molecule has 1 amide bonds. The zero-order valence-corrected chi connectivity index (χ0v) is 11.9. The Morgan fingerprint density at radius 1 is 1.42 bits per heavy atom. The van der Waals surface area contributed by atoms with Crippen molar-refractivity contribution in [3.63, 3.8) is 0 Å².